The van der Waals surface area contributed by atoms with E-state index < -0.39 is 44.3 Å². The Kier molecular flexibility index (Phi) is 12.1. The minimum atomic E-state index is -1.97. The lowest BCUT2D eigenvalue weighted by atomic mass is 10.0. The van der Waals surface area contributed by atoms with Gasteiger partial charge in [-0.05, 0) is 61.2 Å². The van der Waals surface area contributed by atoms with Crippen LogP contribution in [0.4, 0.5) is 15.3 Å². The molecular weight excluding hydrogens is 558 g/mol. The summed E-state index contributed by atoms with van der Waals surface area (Å²) in [6, 6.07) is 4.41. The second-order valence-corrected chi connectivity index (χ2v) is 16.8. The minimum Gasteiger partial charge on any atom is -0.465 e. The number of nitrogens with one attached hydrogen (secondary N) is 4. The fourth-order valence-electron chi connectivity index (χ4n) is 3.79. The van der Waals surface area contributed by atoms with Crippen molar-refractivity contribution in [2.45, 2.75) is 84.3 Å². The maximum absolute atomic E-state index is 13.2. The van der Waals surface area contributed by atoms with Crippen molar-refractivity contribution in [2.24, 2.45) is 11.7 Å². The van der Waals surface area contributed by atoms with Crippen LogP contribution in [-0.4, -0.2) is 65.5 Å². The molecule has 0 bridgehead atoms. The third-order valence-electron chi connectivity index (χ3n) is 7.33. The number of anilines is 1. The largest absolute Gasteiger partial charge is 0.465 e. The molecule has 0 spiro atoms. The second-order valence-electron chi connectivity index (χ2n) is 12.0. The van der Waals surface area contributed by atoms with Gasteiger partial charge in [0.1, 0.15) is 17.9 Å². The average molecular weight is 604 g/mol. The van der Waals surface area contributed by atoms with Crippen LogP contribution >= 0.6 is 0 Å². The number of hydrogen-bond acceptors (Lipinski definition) is 6. The highest BCUT2D eigenvalue weighted by molar-refractivity contribution is 6.74. The fourth-order valence-corrected chi connectivity index (χ4v) is 4.71. The summed E-state index contributed by atoms with van der Waals surface area (Å²) in [5.74, 6) is -0.703. The summed E-state index contributed by atoms with van der Waals surface area (Å²) in [7, 11) is -1.97. The zero-order valence-corrected chi connectivity index (χ0v) is 26.5. The van der Waals surface area contributed by atoms with E-state index in [4.69, 9.17) is 15.3 Å². The van der Waals surface area contributed by atoms with Gasteiger partial charge in [-0.3, -0.25) is 9.59 Å². The van der Waals surface area contributed by atoms with E-state index in [1.807, 2.05) is 22.9 Å². The highest BCUT2D eigenvalue weighted by Crippen LogP contribution is 2.37. The van der Waals surface area contributed by atoms with Gasteiger partial charge >= 0.3 is 12.1 Å². The van der Waals surface area contributed by atoms with E-state index >= 15 is 0 Å². The standard InChI is InChI=1S/C28H45N7O6Si/c1-18(2)23(34-27(39)40)25(37)33-21(9-8-14-31-26(29)38)24(36)32-19-10-12-20(13-11-19)35-16-15-30-22(35)17-41-42(6,7)28(3,4)5/h10-13,15-16,18,21,23,34H,8-9,14,17H2,1-7H3,(H,32,36)(H,33,37)(H,39,40)(H3,29,31,38). The van der Waals surface area contributed by atoms with Gasteiger partial charge in [-0.1, -0.05) is 34.6 Å². The number of nitrogens with zero attached hydrogens (tertiary/aromatic N) is 2. The number of aromatic nitrogens is 2. The molecule has 5 amide bonds. The Morgan fingerprint density at radius 1 is 1.07 bits per heavy atom. The predicted octanol–water partition coefficient (Wildman–Crippen LogP) is 3.56. The molecule has 0 aliphatic carbocycles. The molecule has 0 aliphatic rings. The van der Waals surface area contributed by atoms with Crippen molar-refractivity contribution in [1.82, 2.24) is 25.5 Å². The van der Waals surface area contributed by atoms with E-state index in [1.54, 1.807) is 32.2 Å². The number of carbonyl (C=O) groups excluding carboxylic acids is 3. The monoisotopic (exact) mass is 603 g/mol. The van der Waals surface area contributed by atoms with Crippen LogP contribution in [0, 0.1) is 5.92 Å². The number of nitrogens with two attached hydrogens (primary N) is 1. The first kappa shape index (κ1) is 34.3. The highest BCUT2D eigenvalue weighted by Gasteiger charge is 2.37. The Bertz CT molecular complexity index is 1220. The van der Waals surface area contributed by atoms with Crippen molar-refractivity contribution in [2.75, 3.05) is 11.9 Å². The zero-order chi connectivity index (χ0) is 31.7. The van der Waals surface area contributed by atoms with Gasteiger partial charge in [0.05, 0.1) is 6.61 Å². The Morgan fingerprint density at radius 3 is 2.26 bits per heavy atom. The van der Waals surface area contributed by atoms with Crippen LogP contribution in [0.25, 0.3) is 5.69 Å². The molecule has 0 saturated heterocycles. The zero-order valence-electron chi connectivity index (χ0n) is 25.5. The van der Waals surface area contributed by atoms with Crippen LogP contribution < -0.4 is 27.0 Å². The minimum absolute atomic E-state index is 0.0719. The molecule has 0 aliphatic heterocycles. The predicted molar refractivity (Wildman–Crippen MR) is 163 cm³/mol. The molecular formula is C28H45N7O6Si. The van der Waals surface area contributed by atoms with Gasteiger partial charge < -0.3 is 41.1 Å². The second kappa shape index (κ2) is 14.8. The van der Waals surface area contributed by atoms with Gasteiger partial charge in [-0.15, -0.1) is 0 Å². The molecule has 7 N–H and O–H groups in total. The third kappa shape index (κ3) is 10.2. The van der Waals surface area contributed by atoms with Gasteiger partial charge in [-0.25, -0.2) is 14.6 Å². The normalized spacial score (nSPS) is 13.2. The number of amides is 5. The summed E-state index contributed by atoms with van der Waals surface area (Å²) in [5.41, 5.74) is 6.44. The van der Waals surface area contributed by atoms with Crippen LogP contribution in [0.3, 0.4) is 0 Å². The topological polar surface area (TPSA) is 190 Å². The van der Waals surface area contributed by atoms with Gasteiger partial charge in [0.25, 0.3) is 0 Å². The number of primary amides is 1. The van der Waals surface area contributed by atoms with Crippen LogP contribution in [-0.2, 0) is 20.6 Å². The molecule has 0 fully saturated rings. The summed E-state index contributed by atoms with van der Waals surface area (Å²) in [5, 5.41) is 19.3. The molecule has 14 heteroatoms. The van der Waals surface area contributed by atoms with E-state index in [2.05, 4.69) is 60.1 Å². The van der Waals surface area contributed by atoms with Crippen LogP contribution in [0.5, 0.6) is 0 Å². The number of rotatable bonds is 14. The number of carboxylic acid groups (broad SMARTS) is 1. The van der Waals surface area contributed by atoms with Gasteiger partial charge in [0, 0.05) is 30.3 Å². The maximum atomic E-state index is 13.2. The van der Waals surface area contributed by atoms with E-state index in [1.165, 1.54) is 0 Å². The molecule has 0 radical (unpaired) electrons. The van der Waals surface area contributed by atoms with Gasteiger partial charge in [0.2, 0.25) is 11.8 Å². The van der Waals surface area contributed by atoms with Crippen molar-refractivity contribution < 1.29 is 28.7 Å². The van der Waals surface area contributed by atoms with E-state index in [-0.39, 0.29) is 23.9 Å². The summed E-state index contributed by atoms with van der Waals surface area (Å²) in [6.45, 7) is 14.9. The molecule has 2 aromatic rings. The lowest BCUT2D eigenvalue weighted by Crippen LogP contribution is -2.54. The highest BCUT2D eigenvalue weighted by atomic mass is 28.4. The first-order valence-corrected chi connectivity index (χ1v) is 16.8. The number of benzene rings is 1. The van der Waals surface area contributed by atoms with Crippen molar-refractivity contribution in [1.29, 1.82) is 0 Å². The summed E-state index contributed by atoms with van der Waals surface area (Å²) >= 11 is 0. The quantitative estimate of drug-likeness (QED) is 0.140. The average Bonchev–Trinajstić information content (AvgIpc) is 3.35. The first-order valence-electron chi connectivity index (χ1n) is 13.9. The van der Waals surface area contributed by atoms with Gasteiger partial charge in [0.15, 0.2) is 8.32 Å². The molecule has 1 aromatic heterocycles. The van der Waals surface area contributed by atoms with Crippen molar-refractivity contribution in [3.63, 3.8) is 0 Å². The Labute approximate surface area is 248 Å². The molecule has 13 nitrogen and oxygen atoms in total. The van der Waals surface area contributed by atoms with Crippen molar-refractivity contribution >= 4 is 37.9 Å². The molecule has 2 rings (SSSR count). The Morgan fingerprint density at radius 2 is 1.71 bits per heavy atom. The molecule has 2 atom stereocenters. The van der Waals surface area contributed by atoms with Gasteiger partial charge in [-0.2, -0.15) is 0 Å². The third-order valence-corrected chi connectivity index (χ3v) is 11.8. The molecule has 42 heavy (non-hydrogen) atoms. The molecule has 0 saturated carbocycles. The van der Waals surface area contributed by atoms with Crippen LogP contribution in [0.15, 0.2) is 36.7 Å². The SMILES string of the molecule is CC(C)C(NC(=O)O)C(=O)NC(CCCNC(N)=O)C(=O)Nc1ccc(-n2ccnc2CO[Si](C)(C)C(C)(C)C)cc1. The lowest BCUT2D eigenvalue weighted by Gasteiger charge is -2.36. The summed E-state index contributed by atoms with van der Waals surface area (Å²) < 4.78 is 8.26. The van der Waals surface area contributed by atoms with Crippen LogP contribution in [0.2, 0.25) is 18.1 Å². The summed E-state index contributed by atoms with van der Waals surface area (Å²) in [6.07, 6.45) is 2.74. The van der Waals surface area contributed by atoms with Crippen molar-refractivity contribution in [3.05, 3.63) is 42.5 Å². The molecule has 1 heterocycles. The van der Waals surface area contributed by atoms with Crippen LogP contribution in [0.1, 0.15) is 53.3 Å². The maximum Gasteiger partial charge on any atom is 0.405 e. The Balaban J connectivity index is 2.14. The number of urea groups is 1. The molecule has 232 valence electrons. The molecule has 2 unspecified atom stereocenters. The molecule has 1 aromatic carbocycles. The first-order chi connectivity index (χ1) is 19.5. The van der Waals surface area contributed by atoms with Crippen molar-refractivity contribution in [3.8, 4) is 5.69 Å². The smallest absolute Gasteiger partial charge is 0.405 e. The fraction of sp³-hybridized carbons (Fsp3) is 0.536. The number of carbonyl (C=O) groups is 4. The summed E-state index contributed by atoms with van der Waals surface area (Å²) in [4.78, 5) is 52.7. The number of hydrogen-bond donors (Lipinski definition) is 6. The Hall–Kier alpha value is -3.91. The van der Waals surface area contributed by atoms with E-state index in [0.717, 1.165) is 11.5 Å². The van der Waals surface area contributed by atoms with E-state index in [9.17, 15) is 19.2 Å². The lowest BCUT2D eigenvalue weighted by molar-refractivity contribution is -0.128. The van der Waals surface area contributed by atoms with E-state index in [0.29, 0.717) is 18.7 Å². The number of imidazole rings is 1.